The molecule has 0 saturated carbocycles. The number of ether oxygens (including phenoxy) is 3. The van der Waals surface area contributed by atoms with Crippen molar-refractivity contribution in [2.45, 2.75) is 16.2 Å². The number of carbonyl (C=O) groups excluding carboxylic acids is 2. The molecule has 0 amide bonds. The molecule has 29 heavy (non-hydrogen) atoms. The number of nitrogens with zero attached hydrogens (tertiary/aromatic N) is 1. The Kier molecular flexibility index (Phi) is 8.29. The number of para-hydroxylation sites is 1. The summed E-state index contributed by atoms with van der Waals surface area (Å²) in [5.41, 5.74) is 0.440. The number of benzene rings is 2. The van der Waals surface area contributed by atoms with Gasteiger partial charge in [-0.05, 0) is 23.8 Å². The van der Waals surface area contributed by atoms with E-state index in [4.69, 9.17) is 25.8 Å². The minimum Gasteiger partial charge on any atom is -0.497 e. The predicted octanol–water partition coefficient (Wildman–Crippen LogP) is 3.76. The number of hydrogen-bond acceptors (Lipinski definition) is 8. The van der Waals surface area contributed by atoms with Crippen LogP contribution in [0.1, 0.15) is 10.8 Å². The van der Waals surface area contributed by atoms with E-state index in [2.05, 4.69) is 0 Å². The van der Waals surface area contributed by atoms with Gasteiger partial charge in [0.2, 0.25) is 6.10 Å². The van der Waals surface area contributed by atoms with Gasteiger partial charge in [0.25, 0.3) is 5.69 Å². The first-order valence-electron chi connectivity index (χ1n) is 8.28. The summed E-state index contributed by atoms with van der Waals surface area (Å²) in [6, 6.07) is 12.8. The van der Waals surface area contributed by atoms with E-state index < -0.39 is 34.1 Å². The maximum Gasteiger partial charge on any atom is 0.348 e. The van der Waals surface area contributed by atoms with Crippen molar-refractivity contribution >= 4 is 41.0 Å². The van der Waals surface area contributed by atoms with Gasteiger partial charge in [-0.15, -0.1) is 23.4 Å². The lowest BCUT2D eigenvalue weighted by atomic mass is 10.1. The fourth-order valence-electron chi connectivity index (χ4n) is 2.47. The number of nitro benzene ring substituents is 1. The number of carbonyl (C=O) groups is 2. The molecule has 2 atom stereocenters. The second-order valence-corrected chi connectivity index (χ2v) is 7.05. The van der Waals surface area contributed by atoms with E-state index in [-0.39, 0.29) is 5.69 Å². The predicted molar refractivity (Wildman–Crippen MR) is 107 cm³/mol. The molecular formula is C19H18ClNO7S. The molecule has 0 unspecified atom stereocenters. The SMILES string of the molecule is COC(=O)[C@H](OC(=O)CCl)[C@@H](Sc1ccccc1[N+](=O)[O-])c1ccc(OC)cc1. The molecule has 2 aromatic rings. The van der Waals surface area contributed by atoms with Gasteiger partial charge in [-0.3, -0.25) is 14.9 Å². The first-order chi connectivity index (χ1) is 13.9. The topological polar surface area (TPSA) is 105 Å². The summed E-state index contributed by atoms with van der Waals surface area (Å²) in [4.78, 5) is 35.4. The third-order valence-electron chi connectivity index (χ3n) is 3.84. The average Bonchev–Trinajstić information content (AvgIpc) is 2.75. The van der Waals surface area contributed by atoms with Crippen molar-refractivity contribution in [3.05, 3.63) is 64.2 Å². The number of esters is 2. The Bertz CT molecular complexity index is 875. The molecule has 154 valence electrons. The Morgan fingerprint density at radius 2 is 1.79 bits per heavy atom. The molecule has 0 fully saturated rings. The van der Waals surface area contributed by atoms with Crippen molar-refractivity contribution in [1.29, 1.82) is 0 Å². The minimum absolute atomic E-state index is 0.136. The van der Waals surface area contributed by atoms with Crippen LogP contribution in [0.2, 0.25) is 0 Å². The third-order valence-corrected chi connectivity index (χ3v) is 5.43. The Morgan fingerprint density at radius 3 is 2.34 bits per heavy atom. The number of hydrogen-bond donors (Lipinski definition) is 0. The van der Waals surface area contributed by atoms with E-state index in [1.54, 1.807) is 36.4 Å². The first kappa shape index (κ1) is 22.5. The number of thioether (sulfide) groups is 1. The summed E-state index contributed by atoms with van der Waals surface area (Å²) < 4.78 is 15.2. The lowest BCUT2D eigenvalue weighted by molar-refractivity contribution is -0.387. The van der Waals surface area contributed by atoms with E-state index in [0.29, 0.717) is 16.2 Å². The fraction of sp³-hybridized carbons (Fsp3) is 0.263. The highest BCUT2D eigenvalue weighted by Crippen LogP contribution is 2.43. The molecule has 0 saturated heterocycles. The van der Waals surface area contributed by atoms with Gasteiger partial charge in [-0.2, -0.15) is 0 Å². The van der Waals surface area contributed by atoms with Crippen LogP contribution in [0, 0.1) is 10.1 Å². The molecule has 0 aromatic heterocycles. The van der Waals surface area contributed by atoms with Crippen LogP contribution in [0.3, 0.4) is 0 Å². The second-order valence-electron chi connectivity index (χ2n) is 5.60. The van der Waals surface area contributed by atoms with Gasteiger partial charge >= 0.3 is 11.9 Å². The highest BCUT2D eigenvalue weighted by molar-refractivity contribution is 7.99. The molecule has 0 heterocycles. The molecule has 0 N–H and O–H groups in total. The summed E-state index contributed by atoms with van der Waals surface area (Å²) in [6.45, 7) is 0. The molecule has 0 aliphatic rings. The van der Waals surface area contributed by atoms with Crippen LogP contribution < -0.4 is 4.74 Å². The molecule has 0 aliphatic heterocycles. The highest BCUT2D eigenvalue weighted by atomic mass is 35.5. The Hall–Kier alpha value is -2.78. The third kappa shape index (κ3) is 5.85. The van der Waals surface area contributed by atoms with Crippen LogP contribution in [0.4, 0.5) is 5.69 Å². The van der Waals surface area contributed by atoms with Crippen LogP contribution in [0.15, 0.2) is 53.4 Å². The maximum atomic E-state index is 12.4. The van der Waals surface area contributed by atoms with E-state index in [0.717, 1.165) is 18.9 Å². The molecule has 10 heteroatoms. The maximum absolute atomic E-state index is 12.4. The van der Waals surface area contributed by atoms with E-state index in [1.165, 1.54) is 19.2 Å². The Balaban J connectivity index is 2.52. The van der Waals surface area contributed by atoms with Crippen LogP contribution in [-0.2, 0) is 19.1 Å². The van der Waals surface area contributed by atoms with Gasteiger partial charge in [0, 0.05) is 6.07 Å². The van der Waals surface area contributed by atoms with E-state index in [1.807, 2.05) is 0 Å². The van der Waals surface area contributed by atoms with Gasteiger partial charge < -0.3 is 14.2 Å². The summed E-state index contributed by atoms with van der Waals surface area (Å²) in [7, 11) is 2.67. The lowest BCUT2D eigenvalue weighted by Gasteiger charge is -2.25. The zero-order chi connectivity index (χ0) is 21.4. The number of rotatable bonds is 9. The van der Waals surface area contributed by atoms with Crippen molar-refractivity contribution in [3.8, 4) is 5.75 Å². The largest absolute Gasteiger partial charge is 0.497 e. The fourth-order valence-corrected chi connectivity index (χ4v) is 3.81. The van der Waals surface area contributed by atoms with Crippen LogP contribution in [-0.4, -0.2) is 43.1 Å². The number of nitro groups is 1. The molecule has 0 spiro atoms. The molecule has 2 aromatic carbocycles. The normalized spacial score (nSPS) is 12.5. The van der Waals surface area contributed by atoms with Crippen LogP contribution in [0.5, 0.6) is 5.75 Å². The summed E-state index contributed by atoms with van der Waals surface area (Å²) >= 11 is 6.53. The van der Waals surface area contributed by atoms with Crippen LogP contribution in [0.25, 0.3) is 0 Å². The van der Waals surface area contributed by atoms with E-state index >= 15 is 0 Å². The Labute approximate surface area is 176 Å². The van der Waals surface area contributed by atoms with Gasteiger partial charge in [0.05, 0.1) is 29.3 Å². The van der Waals surface area contributed by atoms with Crippen molar-refractivity contribution < 1.29 is 28.7 Å². The van der Waals surface area contributed by atoms with Crippen molar-refractivity contribution in [3.63, 3.8) is 0 Å². The minimum atomic E-state index is -1.37. The molecule has 2 rings (SSSR count). The van der Waals surface area contributed by atoms with Crippen LogP contribution >= 0.6 is 23.4 Å². The zero-order valence-electron chi connectivity index (χ0n) is 15.6. The molecular weight excluding hydrogens is 422 g/mol. The lowest BCUT2D eigenvalue weighted by Crippen LogP contribution is -2.33. The standard InChI is InChI=1S/C19H18ClNO7S/c1-26-13-9-7-12(8-10-13)18(17(19(23)27-2)28-16(22)11-20)29-15-6-4-3-5-14(15)21(24)25/h3-10,17-18H,11H2,1-2H3/t17-,18+/m1/s1. The smallest absolute Gasteiger partial charge is 0.348 e. The van der Waals surface area contributed by atoms with E-state index in [9.17, 15) is 19.7 Å². The summed E-state index contributed by atoms with van der Waals surface area (Å²) in [5, 5.41) is 10.6. The quantitative estimate of drug-likeness (QED) is 0.191. The van der Waals surface area contributed by atoms with Gasteiger partial charge in [-0.1, -0.05) is 24.3 Å². The Morgan fingerprint density at radius 1 is 1.14 bits per heavy atom. The average molecular weight is 440 g/mol. The molecule has 0 aliphatic carbocycles. The summed E-state index contributed by atoms with van der Waals surface area (Å²) in [5.74, 6) is -1.51. The molecule has 0 radical (unpaired) electrons. The molecule has 0 bridgehead atoms. The second kappa shape index (κ2) is 10.7. The number of halogens is 1. The number of alkyl halides is 1. The summed E-state index contributed by atoms with van der Waals surface area (Å²) in [6.07, 6.45) is -1.37. The van der Waals surface area contributed by atoms with Gasteiger partial charge in [0.1, 0.15) is 11.6 Å². The van der Waals surface area contributed by atoms with Crippen molar-refractivity contribution in [2.24, 2.45) is 0 Å². The van der Waals surface area contributed by atoms with Gasteiger partial charge in [0.15, 0.2) is 0 Å². The first-order valence-corrected chi connectivity index (χ1v) is 9.70. The van der Waals surface area contributed by atoms with Crippen molar-refractivity contribution in [2.75, 3.05) is 20.1 Å². The molecule has 8 nitrogen and oxygen atoms in total. The number of methoxy groups -OCH3 is 2. The monoisotopic (exact) mass is 439 g/mol. The highest BCUT2D eigenvalue weighted by Gasteiger charge is 2.36. The zero-order valence-corrected chi connectivity index (χ0v) is 17.1. The van der Waals surface area contributed by atoms with Crippen molar-refractivity contribution in [1.82, 2.24) is 0 Å². The van der Waals surface area contributed by atoms with Gasteiger partial charge in [-0.25, -0.2) is 4.79 Å².